The number of carbonyl (C=O) groups excluding carboxylic acids is 2. The quantitative estimate of drug-likeness (QED) is 0.766. The van der Waals surface area contributed by atoms with Crippen molar-refractivity contribution in [2.45, 2.75) is 18.9 Å². The Bertz CT molecular complexity index is 675. The molecule has 3 aliphatic rings. The van der Waals surface area contributed by atoms with Gasteiger partial charge < -0.3 is 19.4 Å². The molecule has 146 valence electrons. The zero-order chi connectivity index (χ0) is 18.8. The lowest BCUT2D eigenvalue weighted by atomic mass is 9.94. The molecule has 1 aromatic heterocycles. The van der Waals surface area contributed by atoms with Gasteiger partial charge in [0.25, 0.3) is 5.91 Å². The van der Waals surface area contributed by atoms with Crippen LogP contribution in [0.2, 0.25) is 0 Å². The summed E-state index contributed by atoms with van der Waals surface area (Å²) in [6.45, 7) is 5.25. The third-order valence-corrected chi connectivity index (χ3v) is 5.95. The Labute approximate surface area is 160 Å². The number of amides is 2. The molecule has 3 fully saturated rings. The minimum Gasteiger partial charge on any atom is -0.379 e. The van der Waals surface area contributed by atoms with E-state index in [0.29, 0.717) is 31.3 Å². The highest BCUT2D eigenvalue weighted by molar-refractivity contribution is 5.92. The van der Waals surface area contributed by atoms with Gasteiger partial charge in [-0.3, -0.25) is 14.6 Å². The number of likely N-dealkylation sites (tertiary alicyclic amines) is 1. The Kier molecular flexibility index (Phi) is 5.41. The molecule has 7 heteroatoms. The predicted octanol–water partition coefficient (Wildman–Crippen LogP) is 0.723. The fraction of sp³-hybridized carbons (Fsp3) is 0.650. The van der Waals surface area contributed by atoms with E-state index in [2.05, 4.69) is 21.8 Å². The Morgan fingerprint density at radius 2 is 1.93 bits per heavy atom. The van der Waals surface area contributed by atoms with E-state index < -0.39 is 0 Å². The molecule has 0 radical (unpaired) electrons. The van der Waals surface area contributed by atoms with E-state index in [9.17, 15) is 9.59 Å². The number of hydrogen-bond acceptors (Lipinski definition) is 5. The molecular weight excluding hydrogens is 344 g/mol. The minimum atomic E-state index is -0.0397. The van der Waals surface area contributed by atoms with Gasteiger partial charge in [-0.15, -0.1) is 0 Å². The first-order valence-corrected chi connectivity index (χ1v) is 9.89. The van der Waals surface area contributed by atoms with Gasteiger partial charge in [-0.25, -0.2) is 0 Å². The largest absolute Gasteiger partial charge is 0.379 e. The van der Waals surface area contributed by atoms with Crippen LogP contribution in [0.25, 0.3) is 0 Å². The maximum atomic E-state index is 13.2. The van der Waals surface area contributed by atoms with Crippen LogP contribution in [0.4, 0.5) is 0 Å². The predicted molar refractivity (Wildman–Crippen MR) is 100 cm³/mol. The Balaban J connectivity index is 1.38. The summed E-state index contributed by atoms with van der Waals surface area (Å²) in [5.74, 6) is 0.595. The number of aromatic nitrogens is 1. The van der Waals surface area contributed by atoms with Gasteiger partial charge in [-0.05, 0) is 32.0 Å². The molecule has 7 nitrogen and oxygen atoms in total. The summed E-state index contributed by atoms with van der Waals surface area (Å²) in [5, 5.41) is 0. The van der Waals surface area contributed by atoms with Crippen molar-refractivity contribution < 1.29 is 14.3 Å². The molecule has 27 heavy (non-hydrogen) atoms. The Morgan fingerprint density at radius 1 is 1.11 bits per heavy atom. The molecule has 4 heterocycles. The summed E-state index contributed by atoms with van der Waals surface area (Å²) >= 11 is 0. The maximum Gasteiger partial charge on any atom is 0.272 e. The van der Waals surface area contributed by atoms with Crippen LogP contribution in [0.5, 0.6) is 0 Å². The van der Waals surface area contributed by atoms with Gasteiger partial charge in [0, 0.05) is 50.8 Å². The molecule has 3 aliphatic heterocycles. The highest BCUT2D eigenvalue weighted by atomic mass is 16.5. The summed E-state index contributed by atoms with van der Waals surface area (Å²) < 4.78 is 5.79. The highest BCUT2D eigenvalue weighted by Crippen LogP contribution is 2.26. The Morgan fingerprint density at radius 3 is 2.67 bits per heavy atom. The minimum absolute atomic E-state index is 0.00226. The molecule has 0 N–H and O–H groups in total. The summed E-state index contributed by atoms with van der Waals surface area (Å²) in [6.07, 6.45) is 3.09. The second kappa shape index (κ2) is 7.94. The van der Waals surface area contributed by atoms with Crippen molar-refractivity contribution in [3.05, 3.63) is 30.1 Å². The van der Waals surface area contributed by atoms with Crippen molar-refractivity contribution in [1.29, 1.82) is 0 Å². The van der Waals surface area contributed by atoms with Gasteiger partial charge >= 0.3 is 0 Å². The average molecular weight is 372 g/mol. The number of piperidine rings is 1. The number of carbonyl (C=O) groups is 2. The fourth-order valence-electron chi connectivity index (χ4n) is 4.56. The van der Waals surface area contributed by atoms with Gasteiger partial charge in [0.15, 0.2) is 0 Å². The SMILES string of the molecule is CN1C[C@@H]2COC[C@H](C1)N(C(=O)C1CCN(C(=O)c3ccccn3)CC1)C2. The van der Waals surface area contributed by atoms with Gasteiger partial charge in [0.05, 0.1) is 19.3 Å². The molecular formula is C20H28N4O3. The molecule has 1 aromatic rings. The molecule has 0 spiro atoms. The van der Waals surface area contributed by atoms with Crippen LogP contribution in [0.15, 0.2) is 24.4 Å². The third-order valence-electron chi connectivity index (χ3n) is 5.95. The number of fused-ring (bicyclic) bond motifs is 3. The van der Waals surface area contributed by atoms with Gasteiger partial charge in [-0.1, -0.05) is 6.07 Å². The maximum absolute atomic E-state index is 13.2. The lowest BCUT2D eigenvalue weighted by molar-refractivity contribution is -0.139. The van der Waals surface area contributed by atoms with E-state index >= 15 is 0 Å². The average Bonchev–Trinajstić information content (AvgIpc) is 2.98. The molecule has 3 saturated heterocycles. The van der Waals surface area contributed by atoms with Crippen LogP contribution in [0.1, 0.15) is 23.3 Å². The second-order valence-corrected chi connectivity index (χ2v) is 8.05. The van der Waals surface area contributed by atoms with E-state index in [-0.39, 0.29) is 23.8 Å². The molecule has 2 amide bonds. The molecule has 2 atom stereocenters. The fourth-order valence-corrected chi connectivity index (χ4v) is 4.56. The molecule has 0 aromatic carbocycles. The van der Waals surface area contributed by atoms with E-state index in [1.807, 2.05) is 11.0 Å². The summed E-state index contributed by atoms with van der Waals surface area (Å²) in [6, 6.07) is 5.52. The molecule has 0 unspecified atom stereocenters. The van der Waals surface area contributed by atoms with Crippen LogP contribution < -0.4 is 0 Å². The standard InChI is InChI=1S/C20H28N4O3/c1-22-10-15-11-24(17(12-22)14-27-13-15)19(25)16-5-8-23(9-6-16)20(26)18-4-2-3-7-21-18/h2-4,7,15-17H,5-6,8-14H2,1H3/t15-,17-/m0/s1. The molecule has 2 bridgehead atoms. The number of rotatable bonds is 2. The van der Waals surface area contributed by atoms with E-state index in [1.165, 1.54) is 0 Å². The summed E-state index contributed by atoms with van der Waals surface area (Å²) in [4.78, 5) is 36.2. The second-order valence-electron chi connectivity index (χ2n) is 8.05. The summed E-state index contributed by atoms with van der Waals surface area (Å²) in [7, 11) is 2.13. The topological polar surface area (TPSA) is 66.0 Å². The van der Waals surface area contributed by atoms with Crippen molar-refractivity contribution >= 4 is 11.8 Å². The van der Waals surface area contributed by atoms with Gasteiger partial charge in [0.2, 0.25) is 5.91 Å². The van der Waals surface area contributed by atoms with Crippen molar-refractivity contribution in [3.8, 4) is 0 Å². The van der Waals surface area contributed by atoms with Gasteiger partial charge in [0.1, 0.15) is 5.69 Å². The van der Waals surface area contributed by atoms with Crippen molar-refractivity contribution in [3.63, 3.8) is 0 Å². The highest BCUT2D eigenvalue weighted by Gasteiger charge is 2.38. The molecule has 0 aliphatic carbocycles. The first kappa shape index (κ1) is 18.4. The van der Waals surface area contributed by atoms with Crippen molar-refractivity contribution in [2.24, 2.45) is 11.8 Å². The van der Waals surface area contributed by atoms with Crippen LogP contribution >= 0.6 is 0 Å². The van der Waals surface area contributed by atoms with E-state index in [0.717, 1.165) is 39.1 Å². The lowest BCUT2D eigenvalue weighted by Gasteiger charge is -2.36. The molecule has 0 saturated carbocycles. The number of hydrogen-bond donors (Lipinski definition) is 0. The summed E-state index contributed by atoms with van der Waals surface area (Å²) in [5.41, 5.74) is 0.476. The first-order valence-electron chi connectivity index (χ1n) is 9.89. The first-order chi connectivity index (χ1) is 13.1. The zero-order valence-electron chi connectivity index (χ0n) is 15.9. The normalized spacial score (nSPS) is 27.3. The number of ether oxygens (including phenoxy) is 1. The lowest BCUT2D eigenvalue weighted by Crippen LogP contribution is -2.50. The number of pyridine rings is 1. The van der Waals surface area contributed by atoms with Crippen molar-refractivity contribution in [2.75, 3.05) is 53.0 Å². The smallest absolute Gasteiger partial charge is 0.272 e. The van der Waals surface area contributed by atoms with Gasteiger partial charge in [-0.2, -0.15) is 0 Å². The van der Waals surface area contributed by atoms with E-state index in [4.69, 9.17) is 4.74 Å². The zero-order valence-corrected chi connectivity index (χ0v) is 15.9. The van der Waals surface area contributed by atoms with Crippen LogP contribution in [-0.4, -0.2) is 90.5 Å². The number of nitrogens with zero attached hydrogens (tertiary/aromatic N) is 4. The molecule has 4 rings (SSSR count). The Hall–Kier alpha value is -1.99. The van der Waals surface area contributed by atoms with E-state index in [1.54, 1.807) is 18.3 Å². The monoisotopic (exact) mass is 372 g/mol. The van der Waals surface area contributed by atoms with Crippen molar-refractivity contribution in [1.82, 2.24) is 19.7 Å². The number of likely N-dealkylation sites (N-methyl/N-ethyl adjacent to an activating group) is 1. The van der Waals surface area contributed by atoms with Crippen LogP contribution in [-0.2, 0) is 9.53 Å². The van der Waals surface area contributed by atoms with Crippen LogP contribution in [0.3, 0.4) is 0 Å². The third kappa shape index (κ3) is 3.99. The van der Waals surface area contributed by atoms with Crippen LogP contribution in [0, 0.1) is 11.8 Å².